The van der Waals surface area contributed by atoms with Crippen molar-refractivity contribution in [1.29, 1.82) is 0 Å². The first kappa shape index (κ1) is 29.7. The molecule has 1 N–H and O–H groups in total. The van der Waals surface area contributed by atoms with Crippen LogP contribution in [0.4, 0.5) is 30.4 Å². The molecule has 0 saturated carbocycles. The van der Waals surface area contributed by atoms with Crippen LogP contribution in [0.5, 0.6) is 5.75 Å². The fourth-order valence-electron chi connectivity index (χ4n) is 5.46. The minimum Gasteiger partial charge on any atom is -0.406 e. The summed E-state index contributed by atoms with van der Waals surface area (Å²) in [6, 6.07) is 13.7. The highest BCUT2D eigenvalue weighted by molar-refractivity contribution is 6.35. The second kappa shape index (κ2) is 13.9. The molecule has 3 heterocycles. The van der Waals surface area contributed by atoms with Gasteiger partial charge in [0.1, 0.15) is 11.6 Å². The van der Waals surface area contributed by atoms with E-state index in [2.05, 4.69) is 19.9 Å². The lowest BCUT2D eigenvalue weighted by molar-refractivity contribution is -0.274. The van der Waals surface area contributed by atoms with E-state index in [9.17, 15) is 13.2 Å². The van der Waals surface area contributed by atoms with E-state index in [0.29, 0.717) is 41.8 Å². The summed E-state index contributed by atoms with van der Waals surface area (Å²) in [4.78, 5) is 11.8. The Hall–Kier alpha value is -2.79. The lowest BCUT2D eigenvalue weighted by Crippen LogP contribution is -2.40. The van der Waals surface area contributed by atoms with Crippen molar-refractivity contribution in [2.45, 2.75) is 32.0 Å². The molecule has 41 heavy (non-hydrogen) atoms. The molecule has 2 aliphatic rings. The Balaban J connectivity index is 1.41. The number of pyridine rings is 1. The van der Waals surface area contributed by atoms with Gasteiger partial charge in [0.05, 0.1) is 23.8 Å². The van der Waals surface area contributed by atoms with Gasteiger partial charge in [-0.05, 0) is 69.2 Å². The second-order valence-electron chi connectivity index (χ2n) is 10.5. The Kier molecular flexibility index (Phi) is 10.1. The Morgan fingerprint density at radius 3 is 2.41 bits per heavy atom. The standard InChI is InChI=1S/C30H37ClF3N5O2/c31-26-7-4-6-25-27(35-12-5-15-37-13-2-1-3-14-37)22-28(36-29(25)26)39(17-16-38-18-20-40-21-19-38)23-8-10-24(11-9-23)41-30(32,33)34/h4,6-11,22H,1-3,5,12-21H2,(H,35,36). The number of nitrogens with one attached hydrogen (secondary N) is 1. The van der Waals surface area contributed by atoms with Crippen molar-refractivity contribution in [3.63, 3.8) is 0 Å². The van der Waals surface area contributed by atoms with Gasteiger partial charge in [0.2, 0.25) is 0 Å². The molecule has 0 spiro atoms. The summed E-state index contributed by atoms with van der Waals surface area (Å²) in [5.74, 6) is 0.404. The van der Waals surface area contributed by atoms with E-state index < -0.39 is 6.36 Å². The molecule has 0 aliphatic carbocycles. The smallest absolute Gasteiger partial charge is 0.406 e. The molecule has 2 aliphatic heterocycles. The number of halogens is 4. The van der Waals surface area contributed by atoms with Gasteiger partial charge < -0.3 is 24.6 Å². The summed E-state index contributed by atoms with van der Waals surface area (Å²) in [7, 11) is 0. The van der Waals surface area contributed by atoms with E-state index >= 15 is 0 Å². The van der Waals surface area contributed by atoms with E-state index in [-0.39, 0.29) is 5.75 Å². The Morgan fingerprint density at radius 2 is 1.68 bits per heavy atom. The number of fused-ring (bicyclic) bond motifs is 1. The normalized spacial score (nSPS) is 17.1. The van der Waals surface area contributed by atoms with E-state index in [1.807, 2.05) is 29.2 Å². The number of anilines is 3. The molecule has 222 valence electrons. The van der Waals surface area contributed by atoms with Crippen LogP contribution in [-0.4, -0.2) is 86.7 Å². The summed E-state index contributed by atoms with van der Waals surface area (Å²) in [5.41, 5.74) is 2.32. The van der Waals surface area contributed by atoms with Crippen LogP contribution in [0.15, 0.2) is 48.5 Å². The maximum absolute atomic E-state index is 12.8. The maximum Gasteiger partial charge on any atom is 0.573 e. The molecule has 1 aromatic heterocycles. The molecular formula is C30H37ClF3N5O2. The molecule has 5 rings (SSSR count). The SMILES string of the molecule is FC(F)(F)Oc1ccc(N(CCN2CCOCC2)c2cc(NCCCN3CCCCC3)c3cccc(Cl)c3n2)cc1. The first-order valence-corrected chi connectivity index (χ1v) is 14.7. The van der Waals surface area contributed by atoms with Crippen molar-refractivity contribution in [2.24, 2.45) is 0 Å². The van der Waals surface area contributed by atoms with Crippen LogP contribution in [0.25, 0.3) is 10.9 Å². The highest BCUT2D eigenvalue weighted by Crippen LogP contribution is 2.35. The lowest BCUT2D eigenvalue weighted by Gasteiger charge is -2.31. The van der Waals surface area contributed by atoms with Crippen LogP contribution < -0.4 is 15.0 Å². The molecule has 0 radical (unpaired) electrons. The number of rotatable bonds is 11. The lowest BCUT2D eigenvalue weighted by atomic mass is 10.1. The fraction of sp³-hybridized carbons (Fsp3) is 0.500. The zero-order valence-electron chi connectivity index (χ0n) is 23.1. The maximum atomic E-state index is 12.8. The van der Waals surface area contributed by atoms with Crippen molar-refractivity contribution >= 4 is 39.7 Å². The second-order valence-corrected chi connectivity index (χ2v) is 10.9. The molecular weight excluding hydrogens is 555 g/mol. The topological polar surface area (TPSA) is 53.1 Å². The molecule has 2 fully saturated rings. The minimum atomic E-state index is -4.75. The zero-order chi connectivity index (χ0) is 28.7. The third kappa shape index (κ3) is 8.38. The average Bonchev–Trinajstić information content (AvgIpc) is 2.97. The number of alkyl halides is 3. The summed E-state index contributed by atoms with van der Waals surface area (Å²) in [6.45, 7) is 8.53. The largest absolute Gasteiger partial charge is 0.573 e. The predicted molar refractivity (Wildman–Crippen MR) is 158 cm³/mol. The van der Waals surface area contributed by atoms with E-state index in [1.165, 1.54) is 44.5 Å². The molecule has 2 saturated heterocycles. The van der Waals surface area contributed by atoms with Crippen LogP contribution in [0.1, 0.15) is 25.7 Å². The molecule has 3 aromatic rings. The van der Waals surface area contributed by atoms with Gasteiger partial charge in [-0.3, -0.25) is 4.90 Å². The number of aromatic nitrogens is 1. The molecule has 11 heteroatoms. The number of nitrogens with zero attached hydrogens (tertiary/aromatic N) is 4. The van der Waals surface area contributed by atoms with Gasteiger partial charge in [-0.15, -0.1) is 13.2 Å². The number of hydrogen-bond acceptors (Lipinski definition) is 7. The van der Waals surface area contributed by atoms with Crippen molar-refractivity contribution in [1.82, 2.24) is 14.8 Å². The van der Waals surface area contributed by atoms with Gasteiger partial charge in [-0.25, -0.2) is 4.98 Å². The van der Waals surface area contributed by atoms with Crippen molar-refractivity contribution < 1.29 is 22.6 Å². The molecule has 2 aromatic carbocycles. The third-order valence-electron chi connectivity index (χ3n) is 7.59. The van der Waals surface area contributed by atoms with Crippen LogP contribution in [0.2, 0.25) is 5.02 Å². The number of benzene rings is 2. The van der Waals surface area contributed by atoms with E-state index in [1.54, 1.807) is 12.1 Å². The van der Waals surface area contributed by atoms with E-state index in [4.69, 9.17) is 21.3 Å². The van der Waals surface area contributed by atoms with Crippen molar-refractivity contribution in [3.05, 3.63) is 53.6 Å². The number of para-hydroxylation sites is 1. The van der Waals surface area contributed by atoms with Gasteiger partial charge in [-0.2, -0.15) is 0 Å². The highest BCUT2D eigenvalue weighted by Gasteiger charge is 2.31. The van der Waals surface area contributed by atoms with Crippen LogP contribution >= 0.6 is 11.6 Å². The number of hydrogen-bond donors (Lipinski definition) is 1. The summed E-state index contributed by atoms with van der Waals surface area (Å²) in [6.07, 6.45) is 0.132. The van der Waals surface area contributed by atoms with Gasteiger partial charge >= 0.3 is 6.36 Å². The quantitative estimate of drug-likeness (QED) is 0.254. The number of ether oxygens (including phenoxy) is 2. The van der Waals surface area contributed by atoms with Crippen LogP contribution in [0, 0.1) is 0 Å². The minimum absolute atomic E-state index is 0.264. The summed E-state index contributed by atoms with van der Waals surface area (Å²) < 4.78 is 47.9. The molecule has 7 nitrogen and oxygen atoms in total. The Bertz CT molecular complexity index is 1270. The van der Waals surface area contributed by atoms with Crippen molar-refractivity contribution in [3.8, 4) is 5.75 Å². The first-order valence-electron chi connectivity index (χ1n) is 14.3. The van der Waals surface area contributed by atoms with Crippen molar-refractivity contribution in [2.75, 3.05) is 75.8 Å². The predicted octanol–water partition coefficient (Wildman–Crippen LogP) is 6.55. The zero-order valence-corrected chi connectivity index (χ0v) is 23.9. The Labute approximate surface area is 244 Å². The molecule has 0 amide bonds. The van der Waals surface area contributed by atoms with Crippen LogP contribution in [0.3, 0.4) is 0 Å². The van der Waals surface area contributed by atoms with Crippen LogP contribution in [-0.2, 0) is 4.74 Å². The monoisotopic (exact) mass is 591 g/mol. The van der Waals surface area contributed by atoms with Gasteiger partial charge in [0.25, 0.3) is 0 Å². The number of piperidine rings is 1. The molecule has 0 bridgehead atoms. The number of likely N-dealkylation sites (tertiary alicyclic amines) is 1. The Morgan fingerprint density at radius 1 is 0.951 bits per heavy atom. The van der Waals surface area contributed by atoms with Gasteiger partial charge in [0, 0.05) is 55.6 Å². The first-order chi connectivity index (χ1) is 19.9. The highest BCUT2D eigenvalue weighted by atomic mass is 35.5. The average molecular weight is 592 g/mol. The van der Waals surface area contributed by atoms with Gasteiger partial charge in [0.15, 0.2) is 0 Å². The number of morpholine rings is 1. The fourth-order valence-corrected chi connectivity index (χ4v) is 5.68. The van der Waals surface area contributed by atoms with E-state index in [0.717, 1.165) is 50.2 Å². The molecule has 0 unspecified atom stereocenters. The van der Waals surface area contributed by atoms with Gasteiger partial charge in [-0.1, -0.05) is 30.2 Å². The molecule has 0 atom stereocenters. The summed E-state index contributed by atoms with van der Waals surface area (Å²) in [5, 5.41) is 5.09. The summed E-state index contributed by atoms with van der Waals surface area (Å²) >= 11 is 6.63. The third-order valence-corrected chi connectivity index (χ3v) is 7.90.